The van der Waals surface area contributed by atoms with Crippen molar-refractivity contribution >= 4 is 11.6 Å². The predicted octanol–water partition coefficient (Wildman–Crippen LogP) is 2.18. The van der Waals surface area contributed by atoms with Crippen molar-refractivity contribution in [3.63, 3.8) is 0 Å². The summed E-state index contributed by atoms with van der Waals surface area (Å²) in [4.78, 5) is 21.0. The molecule has 0 aliphatic heterocycles. The lowest BCUT2D eigenvalue weighted by molar-refractivity contribution is -0.387. The van der Waals surface area contributed by atoms with E-state index in [9.17, 15) is 23.7 Å². The van der Waals surface area contributed by atoms with Gasteiger partial charge >= 0.3 is 5.69 Å². The first-order chi connectivity index (χ1) is 8.34. The molecule has 0 heterocycles. The smallest absolute Gasteiger partial charge is 0.305 e. The fraction of sp³-hybridized carbons (Fsp3) is 0.182. The second-order valence-corrected chi connectivity index (χ2v) is 3.65. The highest BCUT2D eigenvalue weighted by Gasteiger charge is 2.25. The third-order valence-electron chi connectivity index (χ3n) is 2.05. The number of benzene rings is 1. The maximum atomic E-state index is 13.6. The molecule has 96 valence electrons. The fourth-order valence-electron chi connectivity index (χ4n) is 1.21. The van der Waals surface area contributed by atoms with Gasteiger partial charge in [0.05, 0.1) is 4.92 Å². The lowest BCUT2D eigenvalue weighted by atomic mass is 10.1. The molecule has 0 saturated carbocycles. The maximum absolute atomic E-state index is 13.6. The Kier molecular flexibility index (Phi) is 4.09. The number of nitro groups is 1. The molecule has 1 rings (SSSR count). The first kappa shape index (κ1) is 13.8. The zero-order valence-electron chi connectivity index (χ0n) is 9.50. The molecular formula is C11H10F2N2O3. The molecule has 18 heavy (non-hydrogen) atoms. The summed E-state index contributed by atoms with van der Waals surface area (Å²) < 4.78 is 26.9. The molecule has 1 amide bonds. The van der Waals surface area contributed by atoms with E-state index >= 15 is 0 Å². The topological polar surface area (TPSA) is 72.2 Å². The van der Waals surface area contributed by atoms with Crippen LogP contribution in [0.25, 0.3) is 0 Å². The Labute approximate surface area is 101 Å². The second kappa shape index (κ2) is 5.35. The first-order valence-electron chi connectivity index (χ1n) is 4.89. The Hall–Kier alpha value is -2.31. The van der Waals surface area contributed by atoms with Gasteiger partial charge in [0.15, 0.2) is 0 Å². The predicted molar refractivity (Wildman–Crippen MR) is 60.2 cm³/mol. The summed E-state index contributed by atoms with van der Waals surface area (Å²) in [6, 6.07) is 1.34. The Morgan fingerprint density at radius 2 is 2.11 bits per heavy atom. The molecule has 1 aromatic carbocycles. The van der Waals surface area contributed by atoms with Gasteiger partial charge in [-0.15, -0.1) is 0 Å². The molecule has 0 aliphatic carbocycles. The van der Waals surface area contributed by atoms with E-state index < -0.39 is 33.7 Å². The molecule has 7 heteroatoms. The summed E-state index contributed by atoms with van der Waals surface area (Å²) in [6.45, 7) is 5.14. The van der Waals surface area contributed by atoms with Gasteiger partial charge in [-0.2, -0.15) is 4.39 Å². The van der Waals surface area contributed by atoms with Crippen LogP contribution in [0.4, 0.5) is 14.5 Å². The van der Waals surface area contributed by atoms with Crippen LogP contribution in [0.5, 0.6) is 0 Å². The van der Waals surface area contributed by atoms with Crippen molar-refractivity contribution in [2.45, 2.75) is 6.92 Å². The molecule has 0 bridgehead atoms. The van der Waals surface area contributed by atoms with Crippen molar-refractivity contribution in [2.75, 3.05) is 6.54 Å². The fourth-order valence-corrected chi connectivity index (χ4v) is 1.21. The summed E-state index contributed by atoms with van der Waals surface area (Å²) in [7, 11) is 0. The van der Waals surface area contributed by atoms with Gasteiger partial charge in [0.2, 0.25) is 5.82 Å². The molecule has 0 saturated heterocycles. The third-order valence-corrected chi connectivity index (χ3v) is 2.05. The molecule has 1 aromatic rings. The van der Waals surface area contributed by atoms with Crippen LogP contribution in [0.3, 0.4) is 0 Å². The number of hydrogen-bond acceptors (Lipinski definition) is 3. The van der Waals surface area contributed by atoms with Gasteiger partial charge in [-0.3, -0.25) is 14.9 Å². The van der Waals surface area contributed by atoms with E-state index in [0.29, 0.717) is 17.7 Å². The van der Waals surface area contributed by atoms with Crippen LogP contribution in [0.2, 0.25) is 0 Å². The van der Waals surface area contributed by atoms with Gasteiger partial charge in [-0.05, 0) is 13.0 Å². The van der Waals surface area contributed by atoms with Gasteiger partial charge in [0.25, 0.3) is 5.91 Å². The quantitative estimate of drug-likeness (QED) is 0.509. The van der Waals surface area contributed by atoms with E-state index in [-0.39, 0.29) is 6.54 Å². The Balaban J connectivity index is 3.14. The van der Waals surface area contributed by atoms with Crippen molar-refractivity contribution in [1.82, 2.24) is 5.32 Å². The number of hydrogen-bond donors (Lipinski definition) is 1. The number of halogens is 2. The van der Waals surface area contributed by atoms with Crippen LogP contribution in [-0.4, -0.2) is 17.4 Å². The van der Waals surface area contributed by atoms with E-state index in [4.69, 9.17) is 0 Å². The lowest BCUT2D eigenvalue weighted by Crippen LogP contribution is -2.27. The first-order valence-corrected chi connectivity index (χ1v) is 4.89. The molecule has 0 unspecified atom stereocenters. The minimum absolute atomic E-state index is 0.0282. The van der Waals surface area contributed by atoms with Crippen LogP contribution in [0.15, 0.2) is 24.3 Å². The van der Waals surface area contributed by atoms with Gasteiger partial charge in [-0.25, -0.2) is 4.39 Å². The normalized spacial score (nSPS) is 9.94. The van der Waals surface area contributed by atoms with Crippen LogP contribution < -0.4 is 5.32 Å². The molecule has 0 spiro atoms. The number of carbonyl (C=O) groups excluding carboxylic acids is 1. The lowest BCUT2D eigenvalue weighted by Gasteiger charge is -2.06. The zero-order valence-corrected chi connectivity index (χ0v) is 9.50. The van der Waals surface area contributed by atoms with Gasteiger partial charge in [-0.1, -0.05) is 12.2 Å². The summed E-state index contributed by atoms with van der Waals surface area (Å²) in [6.07, 6.45) is 0. The maximum Gasteiger partial charge on any atom is 0.305 e. The molecule has 5 nitrogen and oxygen atoms in total. The summed E-state index contributed by atoms with van der Waals surface area (Å²) in [5.74, 6) is -3.70. The van der Waals surface area contributed by atoms with Crippen LogP contribution >= 0.6 is 0 Å². The number of nitro benzene ring substituents is 1. The molecule has 0 fully saturated rings. The van der Waals surface area contributed by atoms with E-state index in [1.54, 1.807) is 6.92 Å². The van der Waals surface area contributed by atoms with Crippen LogP contribution in [0.1, 0.15) is 17.3 Å². The largest absolute Gasteiger partial charge is 0.348 e. The van der Waals surface area contributed by atoms with Crippen molar-refractivity contribution in [1.29, 1.82) is 0 Å². The SMILES string of the molecule is C=C(C)CNC(=O)c1c(F)ccc([N+](=O)[O-])c1F. The van der Waals surface area contributed by atoms with E-state index in [0.717, 1.165) is 0 Å². The summed E-state index contributed by atoms with van der Waals surface area (Å²) in [5, 5.41) is 12.7. The number of nitrogens with zero attached hydrogens (tertiary/aromatic N) is 1. The van der Waals surface area contributed by atoms with E-state index in [1.165, 1.54) is 0 Å². The Bertz CT molecular complexity index is 529. The van der Waals surface area contributed by atoms with Gasteiger partial charge in [0.1, 0.15) is 11.4 Å². The van der Waals surface area contributed by atoms with Crippen molar-refractivity contribution in [3.8, 4) is 0 Å². The van der Waals surface area contributed by atoms with Crippen molar-refractivity contribution in [3.05, 3.63) is 51.6 Å². The molecule has 1 N–H and O–H groups in total. The number of carbonyl (C=O) groups is 1. The molecular weight excluding hydrogens is 246 g/mol. The monoisotopic (exact) mass is 256 g/mol. The second-order valence-electron chi connectivity index (χ2n) is 3.65. The standard InChI is InChI=1S/C11H10F2N2O3/c1-6(2)5-14-11(16)9-7(12)3-4-8(10(9)13)15(17)18/h3-4H,1,5H2,2H3,(H,14,16). The minimum atomic E-state index is -1.49. The minimum Gasteiger partial charge on any atom is -0.348 e. The summed E-state index contributed by atoms with van der Waals surface area (Å²) >= 11 is 0. The van der Waals surface area contributed by atoms with Gasteiger partial charge < -0.3 is 5.32 Å². The molecule has 0 aliphatic rings. The molecule has 0 radical (unpaired) electrons. The van der Waals surface area contributed by atoms with Crippen molar-refractivity contribution < 1.29 is 18.5 Å². The highest BCUT2D eigenvalue weighted by Crippen LogP contribution is 2.22. The highest BCUT2D eigenvalue weighted by atomic mass is 19.1. The van der Waals surface area contributed by atoms with Crippen molar-refractivity contribution in [2.24, 2.45) is 0 Å². The summed E-state index contributed by atoms with van der Waals surface area (Å²) in [5.41, 5.74) is -1.34. The zero-order chi connectivity index (χ0) is 13.9. The van der Waals surface area contributed by atoms with Crippen LogP contribution in [0, 0.1) is 21.7 Å². The average Bonchev–Trinajstić information content (AvgIpc) is 2.25. The third kappa shape index (κ3) is 2.88. The highest BCUT2D eigenvalue weighted by molar-refractivity contribution is 5.95. The van der Waals surface area contributed by atoms with Gasteiger partial charge in [0, 0.05) is 12.6 Å². The van der Waals surface area contributed by atoms with E-state index in [2.05, 4.69) is 11.9 Å². The molecule has 0 aromatic heterocycles. The van der Waals surface area contributed by atoms with E-state index in [1.807, 2.05) is 0 Å². The number of rotatable bonds is 4. The Morgan fingerprint density at radius 1 is 1.50 bits per heavy atom. The number of nitrogens with one attached hydrogen (secondary N) is 1. The molecule has 0 atom stereocenters. The number of amides is 1. The van der Waals surface area contributed by atoms with Crippen LogP contribution in [-0.2, 0) is 0 Å². The Morgan fingerprint density at radius 3 is 2.61 bits per heavy atom. The average molecular weight is 256 g/mol.